The molecule has 1 saturated heterocycles. The van der Waals surface area contributed by atoms with Crippen molar-refractivity contribution in [3.05, 3.63) is 69.7 Å². The summed E-state index contributed by atoms with van der Waals surface area (Å²) in [7, 11) is 0. The van der Waals surface area contributed by atoms with Gasteiger partial charge in [0.05, 0.1) is 1.37 Å². The maximum absolute atomic E-state index is 14.6. The fourth-order valence-electron chi connectivity index (χ4n) is 3.48. The van der Waals surface area contributed by atoms with Crippen LogP contribution in [0.3, 0.4) is 0 Å². The third-order valence-electron chi connectivity index (χ3n) is 5.17. The van der Waals surface area contributed by atoms with Crippen molar-refractivity contribution in [2.24, 2.45) is 0 Å². The van der Waals surface area contributed by atoms with Crippen molar-refractivity contribution in [3.8, 4) is 0 Å². The lowest BCUT2D eigenvalue weighted by molar-refractivity contribution is -0.144. The Morgan fingerprint density at radius 2 is 1.97 bits per heavy atom. The zero-order valence-electron chi connectivity index (χ0n) is 20.4. The van der Waals surface area contributed by atoms with E-state index in [4.69, 9.17) is 17.1 Å². The lowest BCUT2D eigenvalue weighted by atomic mass is 9.97. The number of piperidine rings is 1. The molecule has 0 radical (unpaired) electrons. The van der Waals surface area contributed by atoms with E-state index in [9.17, 15) is 28.0 Å². The van der Waals surface area contributed by atoms with Crippen molar-refractivity contribution in [2.45, 2.75) is 44.1 Å². The molecule has 0 aliphatic carbocycles. The molecule has 0 bridgehead atoms. The SMILES string of the molecule is [2H]C(CC(=O)C(F)(F)c1ccc(Cl)cc1)c1ccc2c(c1)CN([C@]1([2H])C(=O)NC(=O)C([2H])C1[2H])C2=O. The Morgan fingerprint density at radius 1 is 1.25 bits per heavy atom. The Morgan fingerprint density at radius 3 is 2.69 bits per heavy atom. The maximum atomic E-state index is 14.6. The lowest BCUT2D eigenvalue weighted by Gasteiger charge is -2.29. The van der Waals surface area contributed by atoms with Crippen molar-refractivity contribution < 1.29 is 33.4 Å². The van der Waals surface area contributed by atoms with E-state index in [0.717, 1.165) is 17.0 Å². The van der Waals surface area contributed by atoms with Gasteiger partial charge in [0.2, 0.25) is 17.6 Å². The van der Waals surface area contributed by atoms with Crippen molar-refractivity contribution in [2.75, 3.05) is 0 Å². The van der Waals surface area contributed by atoms with Crippen LogP contribution in [0.2, 0.25) is 5.02 Å². The monoisotopic (exact) mass is 464 g/mol. The number of carbonyl (C=O) groups is 4. The smallest absolute Gasteiger partial charge is 0.322 e. The summed E-state index contributed by atoms with van der Waals surface area (Å²) in [4.78, 5) is 50.1. The molecule has 2 aromatic rings. The minimum atomic E-state index is -3.84. The van der Waals surface area contributed by atoms with Gasteiger partial charge in [-0.05, 0) is 42.1 Å². The van der Waals surface area contributed by atoms with Gasteiger partial charge in [-0.25, -0.2) is 0 Å². The number of benzene rings is 2. The first-order valence-corrected chi connectivity index (χ1v) is 9.90. The number of ketones is 1. The normalized spacial score (nSPS) is 28.2. The van der Waals surface area contributed by atoms with Crippen LogP contribution in [0.5, 0.6) is 0 Å². The average molecular weight is 465 g/mol. The number of rotatable bonds is 6. The van der Waals surface area contributed by atoms with Crippen molar-refractivity contribution in [1.29, 1.82) is 0 Å². The Hall–Kier alpha value is -3.13. The van der Waals surface area contributed by atoms with Gasteiger partial charge in [-0.15, -0.1) is 0 Å². The molecule has 9 heteroatoms. The maximum Gasteiger partial charge on any atom is 0.330 e. The number of nitrogens with zero attached hydrogens (tertiary/aromatic N) is 1. The summed E-state index contributed by atoms with van der Waals surface area (Å²) in [5.74, 6) is -8.34. The number of Topliss-reactive ketones (excluding diaryl/α,β-unsaturated/α-hetero) is 1. The van der Waals surface area contributed by atoms with Gasteiger partial charge in [-0.1, -0.05) is 35.9 Å². The molecule has 166 valence electrons. The van der Waals surface area contributed by atoms with Crippen LogP contribution in [-0.4, -0.2) is 34.4 Å². The number of alkyl halides is 2. The largest absolute Gasteiger partial charge is 0.330 e. The Labute approximate surface area is 193 Å². The highest BCUT2D eigenvalue weighted by Crippen LogP contribution is 2.32. The van der Waals surface area contributed by atoms with Gasteiger partial charge in [0, 0.05) is 39.6 Å². The summed E-state index contributed by atoms with van der Waals surface area (Å²) < 4.78 is 61.9. The molecule has 4 atom stereocenters. The van der Waals surface area contributed by atoms with Crippen LogP contribution in [0.25, 0.3) is 0 Å². The highest BCUT2D eigenvalue weighted by Gasteiger charge is 2.41. The van der Waals surface area contributed by atoms with Crippen LogP contribution < -0.4 is 5.32 Å². The second-order valence-corrected chi connectivity index (χ2v) is 7.69. The van der Waals surface area contributed by atoms with Crippen molar-refractivity contribution >= 4 is 35.1 Å². The third-order valence-corrected chi connectivity index (χ3v) is 5.42. The van der Waals surface area contributed by atoms with Crippen LogP contribution in [-0.2, 0) is 33.2 Å². The standard InChI is InChI=1S/C23H19ClF2N2O4/c24-16-5-3-15(4-6-16)23(25,26)19(29)9-2-13-1-7-17-14(11-13)12-28(22(17)32)18-8-10-20(30)27-21(18)31/h1,3-7,11,18H,2,8-10,12H2,(H,27,30,31)/t18-/m0/s1/i2D,8D,10D,18D/t2?,8?,10?,18-. The third kappa shape index (κ3) is 4.14. The number of aryl methyl sites for hydroxylation is 1. The topological polar surface area (TPSA) is 83.6 Å². The number of carbonyl (C=O) groups excluding carboxylic acids is 4. The fourth-order valence-corrected chi connectivity index (χ4v) is 3.61. The predicted molar refractivity (Wildman–Crippen MR) is 111 cm³/mol. The van der Waals surface area contributed by atoms with Gasteiger partial charge < -0.3 is 4.90 Å². The minimum Gasteiger partial charge on any atom is -0.322 e. The van der Waals surface area contributed by atoms with E-state index in [2.05, 4.69) is 0 Å². The molecule has 32 heavy (non-hydrogen) atoms. The van der Waals surface area contributed by atoms with E-state index in [1.807, 2.05) is 5.32 Å². The Bertz CT molecular complexity index is 1280. The number of halogens is 3. The van der Waals surface area contributed by atoms with Gasteiger partial charge in [0.25, 0.3) is 5.91 Å². The van der Waals surface area contributed by atoms with Crippen LogP contribution >= 0.6 is 11.6 Å². The lowest BCUT2D eigenvalue weighted by Crippen LogP contribution is -2.52. The summed E-state index contributed by atoms with van der Waals surface area (Å²) in [6.45, 7) is -0.336. The molecule has 3 unspecified atom stereocenters. The van der Waals surface area contributed by atoms with Crippen molar-refractivity contribution in [3.63, 3.8) is 0 Å². The number of amides is 3. The van der Waals surface area contributed by atoms with E-state index in [0.29, 0.717) is 0 Å². The number of nitrogens with one attached hydrogen (secondary N) is 1. The molecule has 0 aromatic heterocycles. The summed E-state index contributed by atoms with van der Waals surface area (Å²) in [6, 6.07) is 5.93. The zero-order chi connectivity index (χ0) is 26.6. The van der Waals surface area contributed by atoms with Gasteiger partial charge >= 0.3 is 5.92 Å². The van der Waals surface area contributed by atoms with Gasteiger partial charge in [0.1, 0.15) is 6.02 Å². The highest BCUT2D eigenvalue weighted by molar-refractivity contribution is 6.30. The van der Waals surface area contributed by atoms with E-state index in [1.165, 1.54) is 30.3 Å². The average Bonchev–Trinajstić information content (AvgIpc) is 3.17. The summed E-state index contributed by atoms with van der Waals surface area (Å²) >= 11 is 5.70. The van der Waals surface area contributed by atoms with Crippen LogP contribution in [0.15, 0.2) is 42.5 Å². The van der Waals surface area contributed by atoms with Gasteiger partial charge in [0.15, 0.2) is 0 Å². The van der Waals surface area contributed by atoms with Gasteiger partial charge in [-0.3, -0.25) is 24.5 Å². The highest BCUT2D eigenvalue weighted by atomic mass is 35.5. The molecule has 2 aliphatic heterocycles. The molecule has 2 aliphatic rings. The molecule has 0 saturated carbocycles. The van der Waals surface area contributed by atoms with Crippen molar-refractivity contribution in [1.82, 2.24) is 10.2 Å². The molecular weight excluding hydrogens is 442 g/mol. The second kappa shape index (κ2) is 8.43. The fraction of sp³-hybridized carbons (Fsp3) is 0.304. The molecule has 2 heterocycles. The summed E-state index contributed by atoms with van der Waals surface area (Å²) in [5.41, 5.74) is -0.0702. The van der Waals surface area contributed by atoms with Crippen LogP contribution in [0.4, 0.5) is 8.78 Å². The molecule has 1 N–H and O–H groups in total. The first kappa shape index (κ1) is 17.4. The molecule has 3 amide bonds. The first-order chi connectivity index (χ1) is 16.8. The summed E-state index contributed by atoms with van der Waals surface area (Å²) in [6.07, 6.45) is -5.85. The van der Waals surface area contributed by atoms with Gasteiger partial charge in [-0.2, -0.15) is 8.78 Å². The Kier molecular flexibility index (Phi) is 4.59. The number of imide groups is 1. The zero-order valence-corrected chi connectivity index (χ0v) is 17.2. The molecule has 2 aromatic carbocycles. The van der Waals surface area contributed by atoms with Crippen LogP contribution in [0, 0.1) is 0 Å². The number of hydrogen-bond acceptors (Lipinski definition) is 4. The molecule has 1 fully saturated rings. The number of hydrogen-bond donors (Lipinski definition) is 1. The van der Waals surface area contributed by atoms with E-state index in [-0.39, 0.29) is 28.3 Å². The molecule has 6 nitrogen and oxygen atoms in total. The Balaban J connectivity index is 1.54. The summed E-state index contributed by atoms with van der Waals surface area (Å²) in [5, 5.41) is 2.07. The van der Waals surface area contributed by atoms with E-state index >= 15 is 0 Å². The molecule has 4 rings (SSSR count). The quantitative estimate of drug-likeness (QED) is 0.664. The number of fused-ring (bicyclic) bond motifs is 1. The van der Waals surface area contributed by atoms with Crippen LogP contribution in [0.1, 0.15) is 51.7 Å². The molecule has 0 spiro atoms. The minimum absolute atomic E-state index is 0.0637. The molecular formula is C23H19ClF2N2O4. The first-order valence-electron chi connectivity index (χ1n) is 11.8. The second-order valence-electron chi connectivity index (χ2n) is 7.26. The van der Waals surface area contributed by atoms with E-state index < -0.39 is 66.6 Å². The van der Waals surface area contributed by atoms with E-state index in [1.54, 1.807) is 0 Å². The predicted octanol–water partition coefficient (Wildman–Crippen LogP) is 3.39.